The minimum absolute atomic E-state index is 0.157. The van der Waals surface area contributed by atoms with Gasteiger partial charge in [0.15, 0.2) is 0 Å². The van der Waals surface area contributed by atoms with Gasteiger partial charge in [0.05, 0.1) is 18.5 Å². The van der Waals surface area contributed by atoms with Gasteiger partial charge in [-0.1, -0.05) is 36.9 Å². The third kappa shape index (κ3) is 5.82. The molecule has 4 heterocycles. The topological polar surface area (TPSA) is 99.7 Å². The average molecular weight is 540 g/mol. The number of amides is 1. The zero-order valence-electron chi connectivity index (χ0n) is 23.3. The molecular weight excluding hydrogens is 502 g/mol. The minimum Gasteiger partial charge on any atom is -0.475 e. The molecule has 40 heavy (non-hydrogen) atoms. The molecule has 1 aromatic carbocycles. The van der Waals surface area contributed by atoms with Crippen LogP contribution < -0.4 is 9.64 Å². The van der Waals surface area contributed by atoms with E-state index in [0.29, 0.717) is 50.3 Å². The van der Waals surface area contributed by atoms with E-state index in [2.05, 4.69) is 64.7 Å². The fourth-order valence-corrected chi connectivity index (χ4v) is 6.20. The molecule has 0 saturated carbocycles. The van der Waals surface area contributed by atoms with Gasteiger partial charge in [-0.2, -0.15) is 15.5 Å². The van der Waals surface area contributed by atoms with Crippen LogP contribution in [-0.2, 0) is 24.3 Å². The van der Waals surface area contributed by atoms with Crippen LogP contribution in [-0.4, -0.2) is 84.1 Å². The zero-order chi connectivity index (χ0) is 28.1. The molecule has 0 radical (unpaired) electrons. The van der Waals surface area contributed by atoms with E-state index in [1.807, 2.05) is 6.07 Å². The fourth-order valence-electron chi connectivity index (χ4n) is 6.20. The number of carbonyl (C=O) groups excluding carboxylic acids is 1. The van der Waals surface area contributed by atoms with Crippen LogP contribution in [0.5, 0.6) is 5.88 Å². The highest BCUT2D eigenvalue weighted by Gasteiger charge is 2.34. The summed E-state index contributed by atoms with van der Waals surface area (Å²) in [6.07, 6.45) is 4.52. The SMILES string of the molecule is C=CC(=O)N1CCN(c2nc(OC[C@@H]3CCCN3C)c(C#N)c3c2CCN(Cc2ccccc2)C3)CC1CC#N. The van der Waals surface area contributed by atoms with E-state index >= 15 is 0 Å². The minimum atomic E-state index is -0.257. The van der Waals surface area contributed by atoms with Crippen molar-refractivity contribution in [2.75, 3.05) is 51.3 Å². The summed E-state index contributed by atoms with van der Waals surface area (Å²) in [6, 6.07) is 15.1. The van der Waals surface area contributed by atoms with Crippen molar-refractivity contribution >= 4 is 11.7 Å². The van der Waals surface area contributed by atoms with Crippen LogP contribution in [0.25, 0.3) is 0 Å². The van der Waals surface area contributed by atoms with Gasteiger partial charge in [0, 0.05) is 50.9 Å². The summed E-state index contributed by atoms with van der Waals surface area (Å²) in [5.41, 5.74) is 3.81. The van der Waals surface area contributed by atoms with Crippen molar-refractivity contribution in [2.45, 2.75) is 50.9 Å². The predicted molar refractivity (Wildman–Crippen MR) is 152 cm³/mol. The van der Waals surface area contributed by atoms with Crippen molar-refractivity contribution in [2.24, 2.45) is 0 Å². The lowest BCUT2D eigenvalue weighted by Gasteiger charge is -2.42. The third-order valence-corrected chi connectivity index (χ3v) is 8.43. The molecule has 2 atom stereocenters. The molecule has 0 spiro atoms. The van der Waals surface area contributed by atoms with Crippen LogP contribution in [0, 0.1) is 22.7 Å². The van der Waals surface area contributed by atoms with Crippen molar-refractivity contribution < 1.29 is 9.53 Å². The second kappa shape index (κ2) is 12.5. The lowest BCUT2D eigenvalue weighted by molar-refractivity contribution is -0.128. The summed E-state index contributed by atoms with van der Waals surface area (Å²) in [4.78, 5) is 26.1. The number of hydrogen-bond acceptors (Lipinski definition) is 8. The molecule has 0 N–H and O–H groups in total. The zero-order valence-corrected chi connectivity index (χ0v) is 23.3. The number of ether oxygens (including phenoxy) is 1. The monoisotopic (exact) mass is 539 g/mol. The number of likely N-dealkylation sites (N-methyl/N-ethyl adjacent to an activating group) is 1. The summed E-state index contributed by atoms with van der Waals surface area (Å²) in [5, 5.41) is 19.8. The lowest BCUT2D eigenvalue weighted by atomic mass is 9.95. The molecule has 1 unspecified atom stereocenters. The Balaban J connectivity index is 1.48. The molecule has 3 aliphatic rings. The first-order chi connectivity index (χ1) is 19.5. The van der Waals surface area contributed by atoms with Crippen molar-refractivity contribution in [3.05, 3.63) is 65.2 Å². The van der Waals surface area contributed by atoms with Crippen LogP contribution in [0.1, 0.15) is 41.5 Å². The number of piperazine rings is 1. The number of nitriles is 2. The highest BCUT2D eigenvalue weighted by molar-refractivity contribution is 5.87. The third-order valence-electron chi connectivity index (χ3n) is 8.43. The number of hydrogen-bond donors (Lipinski definition) is 0. The van der Waals surface area contributed by atoms with Crippen LogP contribution in [0.3, 0.4) is 0 Å². The maximum atomic E-state index is 12.5. The van der Waals surface area contributed by atoms with Crippen molar-refractivity contribution in [3.8, 4) is 18.0 Å². The molecule has 208 valence electrons. The molecule has 2 saturated heterocycles. The molecule has 2 aromatic rings. The van der Waals surface area contributed by atoms with E-state index in [1.165, 1.54) is 11.6 Å². The number of nitrogens with zero attached hydrogens (tertiary/aromatic N) is 7. The molecule has 5 rings (SSSR count). The second-order valence-electron chi connectivity index (χ2n) is 10.9. The lowest BCUT2D eigenvalue weighted by Crippen LogP contribution is -2.55. The fraction of sp³-hybridized carbons (Fsp3) is 0.484. The number of aromatic nitrogens is 1. The molecule has 1 amide bonds. The van der Waals surface area contributed by atoms with E-state index in [4.69, 9.17) is 9.72 Å². The van der Waals surface area contributed by atoms with Crippen LogP contribution in [0.4, 0.5) is 5.82 Å². The summed E-state index contributed by atoms with van der Waals surface area (Å²) in [5.74, 6) is 1.05. The number of likely N-dealkylation sites (tertiary alicyclic amines) is 1. The normalized spacial score (nSPS) is 21.4. The number of benzene rings is 1. The highest BCUT2D eigenvalue weighted by atomic mass is 16.5. The van der Waals surface area contributed by atoms with Crippen molar-refractivity contribution in [1.82, 2.24) is 19.7 Å². The van der Waals surface area contributed by atoms with Gasteiger partial charge in [-0.25, -0.2) is 0 Å². The van der Waals surface area contributed by atoms with Crippen molar-refractivity contribution in [1.29, 1.82) is 10.5 Å². The smallest absolute Gasteiger partial charge is 0.246 e. The van der Waals surface area contributed by atoms with Gasteiger partial charge >= 0.3 is 0 Å². The molecular formula is C31H37N7O2. The summed E-state index contributed by atoms with van der Waals surface area (Å²) in [6.45, 7) is 9.03. The number of pyridine rings is 1. The number of anilines is 1. The number of rotatable bonds is 8. The van der Waals surface area contributed by atoms with E-state index in [1.54, 1.807) is 4.90 Å². The molecule has 0 aliphatic carbocycles. The van der Waals surface area contributed by atoms with E-state index in [0.717, 1.165) is 55.8 Å². The van der Waals surface area contributed by atoms with Gasteiger partial charge in [0.1, 0.15) is 24.1 Å². The second-order valence-corrected chi connectivity index (χ2v) is 10.9. The molecule has 0 bridgehead atoms. The first-order valence-electron chi connectivity index (χ1n) is 14.1. The summed E-state index contributed by atoms with van der Waals surface area (Å²) >= 11 is 0. The average Bonchev–Trinajstić information content (AvgIpc) is 3.40. The van der Waals surface area contributed by atoms with Gasteiger partial charge in [-0.3, -0.25) is 9.69 Å². The van der Waals surface area contributed by atoms with Gasteiger partial charge in [-0.15, -0.1) is 0 Å². The Morgan fingerprint density at radius 2 is 1.98 bits per heavy atom. The maximum Gasteiger partial charge on any atom is 0.246 e. The van der Waals surface area contributed by atoms with E-state index in [9.17, 15) is 15.3 Å². The molecule has 9 heteroatoms. The largest absolute Gasteiger partial charge is 0.475 e. The van der Waals surface area contributed by atoms with E-state index in [-0.39, 0.29) is 18.4 Å². The van der Waals surface area contributed by atoms with Gasteiger partial charge in [0.2, 0.25) is 11.8 Å². The number of fused-ring (bicyclic) bond motifs is 1. The summed E-state index contributed by atoms with van der Waals surface area (Å²) in [7, 11) is 2.11. The number of carbonyl (C=O) groups is 1. The Bertz CT molecular complexity index is 1320. The van der Waals surface area contributed by atoms with Crippen LogP contribution in [0.2, 0.25) is 0 Å². The standard InChI is InChI=1S/C31H37N7O2/c1-3-29(39)38-17-16-37(20-24(38)11-13-32)30-26-12-15-36(19-23-8-5-4-6-9-23)21-28(26)27(18-33)31(34-30)40-22-25-10-7-14-35(25)2/h3-6,8-9,24-25H,1,7,10-12,14-17,19-22H2,2H3/t24?,25-/m0/s1. The molecule has 1 aromatic heterocycles. The first kappa shape index (κ1) is 27.6. The van der Waals surface area contributed by atoms with Crippen LogP contribution in [0.15, 0.2) is 43.0 Å². The van der Waals surface area contributed by atoms with Gasteiger partial charge < -0.3 is 19.4 Å². The Labute approximate surface area is 236 Å². The Kier molecular flexibility index (Phi) is 8.64. The van der Waals surface area contributed by atoms with Crippen LogP contribution >= 0.6 is 0 Å². The Morgan fingerprint density at radius 3 is 2.67 bits per heavy atom. The molecule has 3 aliphatic heterocycles. The summed E-state index contributed by atoms with van der Waals surface area (Å²) < 4.78 is 6.33. The predicted octanol–water partition coefficient (Wildman–Crippen LogP) is 3.10. The van der Waals surface area contributed by atoms with E-state index < -0.39 is 0 Å². The van der Waals surface area contributed by atoms with Gasteiger partial charge in [-0.05, 0) is 50.1 Å². The first-order valence-corrected chi connectivity index (χ1v) is 14.1. The van der Waals surface area contributed by atoms with Gasteiger partial charge in [0.25, 0.3) is 0 Å². The Hall–Kier alpha value is -3.92. The van der Waals surface area contributed by atoms with Crippen molar-refractivity contribution in [3.63, 3.8) is 0 Å². The quantitative estimate of drug-likeness (QED) is 0.472. The maximum absolute atomic E-state index is 12.5. The Morgan fingerprint density at radius 1 is 1.15 bits per heavy atom. The molecule has 9 nitrogen and oxygen atoms in total. The highest BCUT2D eigenvalue weighted by Crippen LogP contribution is 2.36. The molecule has 2 fully saturated rings.